The van der Waals surface area contributed by atoms with Gasteiger partial charge in [-0.05, 0) is 78.8 Å². The molecule has 0 unspecified atom stereocenters. The minimum atomic E-state index is -3.99. The number of carbonyl (C=O) groups is 1. The maximum Gasteiger partial charge on any atom is 0.264 e. The molecular weight excluding hydrogens is 504 g/mol. The lowest BCUT2D eigenvalue weighted by Gasteiger charge is -2.24. The van der Waals surface area contributed by atoms with Gasteiger partial charge >= 0.3 is 0 Å². The summed E-state index contributed by atoms with van der Waals surface area (Å²) in [6.45, 7) is 2.23. The molecule has 6 nitrogen and oxygen atoms in total. The average Bonchev–Trinajstić information content (AvgIpc) is 2.86. The van der Waals surface area contributed by atoms with Crippen molar-refractivity contribution < 1.29 is 17.9 Å². The Hall–Kier alpha value is -2.68. The van der Waals surface area contributed by atoms with Crippen LogP contribution in [0.3, 0.4) is 0 Å². The second-order valence-electron chi connectivity index (χ2n) is 7.85. The van der Waals surface area contributed by atoms with Gasteiger partial charge in [0, 0.05) is 17.3 Å². The number of amides is 1. The van der Waals surface area contributed by atoms with Gasteiger partial charge in [0.1, 0.15) is 12.3 Å². The third-order valence-corrected chi connectivity index (χ3v) is 8.49. The molecule has 3 aromatic carbocycles. The number of sulfonamides is 1. The summed E-state index contributed by atoms with van der Waals surface area (Å²) in [6, 6.07) is 20.7. The summed E-state index contributed by atoms with van der Waals surface area (Å²) in [5.41, 5.74) is 2.94. The van der Waals surface area contributed by atoms with E-state index in [-0.39, 0.29) is 17.3 Å². The predicted octanol–water partition coefficient (Wildman–Crippen LogP) is 5.29. The number of benzene rings is 3. The number of halogens is 1. The topological polar surface area (TPSA) is 75.7 Å². The van der Waals surface area contributed by atoms with Crippen LogP contribution >= 0.6 is 23.4 Å². The zero-order chi connectivity index (χ0) is 25.3. The Kier molecular flexibility index (Phi) is 9.89. The molecule has 1 amide bonds. The van der Waals surface area contributed by atoms with Gasteiger partial charge in [-0.1, -0.05) is 35.9 Å². The van der Waals surface area contributed by atoms with E-state index < -0.39 is 10.0 Å². The molecule has 0 fully saturated rings. The zero-order valence-electron chi connectivity index (χ0n) is 19.7. The Morgan fingerprint density at radius 3 is 2.37 bits per heavy atom. The summed E-state index contributed by atoms with van der Waals surface area (Å²) in [4.78, 5) is 12.8. The highest BCUT2D eigenvalue weighted by atomic mass is 35.5. The van der Waals surface area contributed by atoms with Crippen LogP contribution in [0.1, 0.15) is 17.5 Å². The smallest absolute Gasteiger partial charge is 0.264 e. The zero-order valence-corrected chi connectivity index (χ0v) is 22.1. The second kappa shape index (κ2) is 12.9. The first-order valence-corrected chi connectivity index (χ1v) is 14.1. The largest absolute Gasteiger partial charge is 0.497 e. The maximum absolute atomic E-state index is 13.4. The minimum Gasteiger partial charge on any atom is -0.497 e. The van der Waals surface area contributed by atoms with Crippen LogP contribution in [-0.4, -0.2) is 40.3 Å². The maximum atomic E-state index is 13.4. The van der Waals surface area contributed by atoms with Crippen LogP contribution in [0, 0.1) is 6.92 Å². The number of ether oxygens (including phenoxy) is 1. The summed E-state index contributed by atoms with van der Waals surface area (Å²) >= 11 is 7.79. The van der Waals surface area contributed by atoms with E-state index in [9.17, 15) is 13.2 Å². The minimum absolute atomic E-state index is 0.0636. The lowest BCUT2D eigenvalue weighted by molar-refractivity contribution is -0.119. The van der Waals surface area contributed by atoms with Crippen LogP contribution in [0.5, 0.6) is 5.75 Å². The van der Waals surface area contributed by atoms with Crippen LogP contribution in [0.2, 0.25) is 5.02 Å². The summed E-state index contributed by atoms with van der Waals surface area (Å²) < 4.78 is 33.0. The molecule has 0 saturated heterocycles. The lowest BCUT2D eigenvalue weighted by atomic mass is 10.1. The molecule has 9 heteroatoms. The molecule has 0 spiro atoms. The van der Waals surface area contributed by atoms with Gasteiger partial charge in [0.05, 0.1) is 17.7 Å². The van der Waals surface area contributed by atoms with Crippen molar-refractivity contribution in [2.75, 3.05) is 30.3 Å². The van der Waals surface area contributed by atoms with Crippen molar-refractivity contribution in [1.29, 1.82) is 0 Å². The van der Waals surface area contributed by atoms with Crippen molar-refractivity contribution in [2.24, 2.45) is 0 Å². The van der Waals surface area contributed by atoms with Crippen LogP contribution in [0.15, 0.2) is 77.7 Å². The predicted molar refractivity (Wildman–Crippen MR) is 144 cm³/mol. The van der Waals surface area contributed by atoms with Crippen LogP contribution < -0.4 is 14.4 Å². The summed E-state index contributed by atoms with van der Waals surface area (Å²) in [5, 5.41) is 3.32. The van der Waals surface area contributed by atoms with E-state index in [1.165, 1.54) is 30.4 Å². The lowest BCUT2D eigenvalue weighted by Crippen LogP contribution is -2.41. The summed E-state index contributed by atoms with van der Waals surface area (Å²) in [6.07, 6.45) is 0.786. The average molecular weight is 533 g/mol. The van der Waals surface area contributed by atoms with E-state index >= 15 is 0 Å². The van der Waals surface area contributed by atoms with Gasteiger partial charge in [-0.15, -0.1) is 0 Å². The fraction of sp³-hybridized carbons (Fsp3) is 0.269. The van der Waals surface area contributed by atoms with Crippen molar-refractivity contribution in [2.45, 2.75) is 24.0 Å². The molecule has 0 bridgehead atoms. The molecule has 3 aromatic rings. The highest BCUT2D eigenvalue weighted by Crippen LogP contribution is 2.26. The molecule has 0 aliphatic heterocycles. The number of thioether (sulfide) groups is 1. The van der Waals surface area contributed by atoms with E-state index in [1.807, 2.05) is 23.9 Å². The Morgan fingerprint density at radius 2 is 1.71 bits per heavy atom. The normalized spacial score (nSPS) is 11.2. The van der Waals surface area contributed by atoms with Gasteiger partial charge in [-0.2, -0.15) is 11.8 Å². The molecular formula is C26H29ClN2O4S2. The van der Waals surface area contributed by atoms with Gasteiger partial charge in [-0.25, -0.2) is 8.42 Å². The van der Waals surface area contributed by atoms with Gasteiger partial charge in [-0.3, -0.25) is 9.10 Å². The van der Waals surface area contributed by atoms with E-state index in [2.05, 4.69) is 24.4 Å². The number of hydrogen-bond donors (Lipinski definition) is 1. The van der Waals surface area contributed by atoms with Crippen molar-refractivity contribution >= 4 is 45.0 Å². The molecule has 0 aliphatic carbocycles. The molecule has 0 radical (unpaired) electrons. The quantitative estimate of drug-likeness (QED) is 0.321. The second-order valence-corrected chi connectivity index (χ2v) is 11.3. The third-order valence-electron chi connectivity index (χ3n) is 5.36. The Morgan fingerprint density at radius 1 is 1.03 bits per heavy atom. The SMILES string of the molecule is COc1ccc(S(=O)(=O)N(CC(=O)NCCCSCc2ccccc2C)c2ccc(Cl)cc2)cc1. The first kappa shape index (κ1) is 26.9. The highest BCUT2D eigenvalue weighted by molar-refractivity contribution is 7.98. The molecule has 3 rings (SSSR count). The number of methoxy groups -OCH3 is 1. The first-order chi connectivity index (χ1) is 16.8. The van der Waals surface area contributed by atoms with Gasteiger partial charge in [0.2, 0.25) is 5.91 Å². The molecule has 0 aromatic heterocycles. The third kappa shape index (κ3) is 7.65. The van der Waals surface area contributed by atoms with E-state index in [1.54, 1.807) is 36.4 Å². The van der Waals surface area contributed by atoms with Crippen molar-refractivity contribution in [3.05, 3.63) is 88.9 Å². The molecule has 186 valence electrons. The molecule has 0 aliphatic rings. The van der Waals surface area contributed by atoms with Gasteiger partial charge < -0.3 is 10.1 Å². The number of carbonyl (C=O) groups excluding carboxylic acids is 1. The van der Waals surface area contributed by atoms with E-state index in [4.69, 9.17) is 16.3 Å². The Balaban J connectivity index is 1.60. The Labute approximate surface area is 216 Å². The fourth-order valence-corrected chi connectivity index (χ4v) is 5.92. The Bertz CT molecular complexity index is 1220. The number of aryl methyl sites for hydroxylation is 1. The number of anilines is 1. The van der Waals surface area contributed by atoms with Crippen molar-refractivity contribution in [3.63, 3.8) is 0 Å². The van der Waals surface area contributed by atoms with Crippen molar-refractivity contribution in [1.82, 2.24) is 5.32 Å². The fourth-order valence-electron chi connectivity index (χ4n) is 3.34. The number of rotatable bonds is 12. The molecule has 0 heterocycles. The van der Waals surface area contributed by atoms with Gasteiger partial charge in [0.15, 0.2) is 0 Å². The number of nitrogens with zero attached hydrogens (tertiary/aromatic N) is 1. The van der Waals surface area contributed by atoms with Crippen molar-refractivity contribution in [3.8, 4) is 5.75 Å². The number of nitrogens with one attached hydrogen (secondary N) is 1. The first-order valence-electron chi connectivity index (χ1n) is 11.1. The standard InChI is InChI=1S/C26H29ClN2O4S2/c1-20-6-3-4-7-21(20)19-34-17-5-16-28-26(30)18-29(23-10-8-22(27)9-11-23)35(31,32)25-14-12-24(33-2)13-15-25/h3-4,6-15H,5,16-19H2,1-2H3,(H,28,30). The highest BCUT2D eigenvalue weighted by Gasteiger charge is 2.27. The van der Waals surface area contributed by atoms with Crippen LogP contribution in [-0.2, 0) is 20.6 Å². The summed E-state index contributed by atoms with van der Waals surface area (Å²) in [5.74, 6) is 1.98. The van der Waals surface area contributed by atoms with E-state index in [0.29, 0.717) is 23.0 Å². The number of hydrogen-bond acceptors (Lipinski definition) is 5. The van der Waals surface area contributed by atoms with E-state index in [0.717, 1.165) is 22.2 Å². The monoisotopic (exact) mass is 532 g/mol. The molecule has 35 heavy (non-hydrogen) atoms. The molecule has 1 N–H and O–H groups in total. The van der Waals surface area contributed by atoms with Gasteiger partial charge in [0.25, 0.3) is 10.0 Å². The van der Waals surface area contributed by atoms with Crippen LogP contribution in [0.25, 0.3) is 0 Å². The molecule has 0 atom stereocenters. The summed E-state index contributed by atoms with van der Waals surface area (Å²) in [7, 11) is -2.48. The molecule has 0 saturated carbocycles. The van der Waals surface area contributed by atoms with Crippen LogP contribution in [0.4, 0.5) is 5.69 Å².